The van der Waals surface area contributed by atoms with Crippen LogP contribution in [-0.2, 0) is 16.0 Å². The lowest BCUT2D eigenvalue weighted by molar-refractivity contribution is -0.0425. The van der Waals surface area contributed by atoms with E-state index in [-0.39, 0.29) is 6.10 Å². The minimum absolute atomic E-state index is 0.0134. The van der Waals surface area contributed by atoms with Crippen LogP contribution in [0.1, 0.15) is 25.6 Å². The van der Waals surface area contributed by atoms with Crippen LogP contribution in [0.2, 0.25) is 0 Å². The molecular formula is C15H27NO3S. The van der Waals surface area contributed by atoms with Crippen molar-refractivity contribution in [2.75, 3.05) is 26.9 Å². The van der Waals surface area contributed by atoms with Gasteiger partial charge in [0.05, 0.1) is 25.4 Å². The van der Waals surface area contributed by atoms with Crippen molar-refractivity contribution in [1.29, 1.82) is 0 Å². The molecule has 1 aromatic rings. The van der Waals surface area contributed by atoms with Crippen molar-refractivity contribution in [3.63, 3.8) is 0 Å². The summed E-state index contributed by atoms with van der Waals surface area (Å²) in [6.45, 7) is 8.63. The normalized spacial score (nSPS) is 14.9. The number of hydrogen-bond acceptors (Lipinski definition) is 5. The van der Waals surface area contributed by atoms with Gasteiger partial charge in [0, 0.05) is 31.1 Å². The van der Waals surface area contributed by atoms with Gasteiger partial charge in [-0.3, -0.25) is 4.90 Å². The SMILES string of the molecule is COCC(C)OCC(O)CN(Cc1cccs1)C(C)C. The smallest absolute Gasteiger partial charge is 0.0900 e. The van der Waals surface area contributed by atoms with Crippen molar-refractivity contribution in [2.24, 2.45) is 0 Å². The summed E-state index contributed by atoms with van der Waals surface area (Å²) in [5.41, 5.74) is 0. The molecule has 0 amide bonds. The highest BCUT2D eigenvalue weighted by molar-refractivity contribution is 7.09. The van der Waals surface area contributed by atoms with Crippen molar-refractivity contribution in [1.82, 2.24) is 4.90 Å². The number of aliphatic hydroxyl groups excluding tert-OH is 1. The minimum Gasteiger partial charge on any atom is -0.389 e. The van der Waals surface area contributed by atoms with Gasteiger partial charge in [-0.25, -0.2) is 0 Å². The fourth-order valence-electron chi connectivity index (χ4n) is 1.94. The van der Waals surface area contributed by atoms with Crippen LogP contribution in [0.4, 0.5) is 0 Å². The second-order valence-corrected chi connectivity index (χ2v) is 6.39. The first-order valence-electron chi connectivity index (χ1n) is 7.08. The Morgan fingerprint density at radius 2 is 2.05 bits per heavy atom. The summed E-state index contributed by atoms with van der Waals surface area (Å²) >= 11 is 1.75. The third kappa shape index (κ3) is 6.81. The molecule has 0 aliphatic rings. The number of hydrogen-bond donors (Lipinski definition) is 1. The molecule has 1 aromatic heterocycles. The van der Waals surface area contributed by atoms with Crippen LogP contribution in [-0.4, -0.2) is 55.1 Å². The van der Waals surface area contributed by atoms with E-state index in [2.05, 4.69) is 36.3 Å². The van der Waals surface area contributed by atoms with Gasteiger partial charge in [0.15, 0.2) is 0 Å². The highest BCUT2D eigenvalue weighted by atomic mass is 32.1. The van der Waals surface area contributed by atoms with Crippen LogP contribution >= 0.6 is 11.3 Å². The van der Waals surface area contributed by atoms with E-state index >= 15 is 0 Å². The first-order valence-corrected chi connectivity index (χ1v) is 7.96. The lowest BCUT2D eigenvalue weighted by Crippen LogP contribution is -2.39. The molecule has 0 radical (unpaired) electrons. The van der Waals surface area contributed by atoms with Gasteiger partial charge in [0.25, 0.3) is 0 Å². The van der Waals surface area contributed by atoms with Crippen LogP contribution < -0.4 is 0 Å². The average Bonchev–Trinajstić information content (AvgIpc) is 2.89. The second-order valence-electron chi connectivity index (χ2n) is 5.36. The van der Waals surface area contributed by atoms with E-state index in [0.717, 1.165) is 6.54 Å². The molecule has 1 N–H and O–H groups in total. The van der Waals surface area contributed by atoms with Gasteiger partial charge >= 0.3 is 0 Å². The molecule has 1 rings (SSSR count). The lowest BCUT2D eigenvalue weighted by atomic mass is 10.2. The van der Waals surface area contributed by atoms with Gasteiger partial charge in [-0.2, -0.15) is 0 Å². The molecule has 0 aliphatic carbocycles. The van der Waals surface area contributed by atoms with Crippen LogP contribution in [0, 0.1) is 0 Å². The van der Waals surface area contributed by atoms with E-state index in [1.165, 1.54) is 4.88 Å². The molecule has 0 aliphatic heterocycles. The molecule has 4 nitrogen and oxygen atoms in total. The van der Waals surface area contributed by atoms with Gasteiger partial charge in [-0.1, -0.05) is 6.07 Å². The molecule has 0 saturated heterocycles. The highest BCUT2D eigenvalue weighted by Gasteiger charge is 2.16. The lowest BCUT2D eigenvalue weighted by Gasteiger charge is -2.28. The molecule has 2 unspecified atom stereocenters. The number of nitrogens with zero attached hydrogens (tertiary/aromatic N) is 1. The topological polar surface area (TPSA) is 41.9 Å². The number of thiophene rings is 1. The van der Waals surface area contributed by atoms with Crippen molar-refractivity contribution >= 4 is 11.3 Å². The zero-order valence-electron chi connectivity index (χ0n) is 12.9. The van der Waals surface area contributed by atoms with Crippen molar-refractivity contribution in [2.45, 2.75) is 45.6 Å². The van der Waals surface area contributed by atoms with Gasteiger partial charge in [0.1, 0.15) is 0 Å². The molecule has 0 fully saturated rings. The van der Waals surface area contributed by atoms with Crippen molar-refractivity contribution in [3.05, 3.63) is 22.4 Å². The molecule has 0 bridgehead atoms. The Morgan fingerprint density at radius 3 is 2.60 bits per heavy atom. The minimum atomic E-state index is -0.475. The summed E-state index contributed by atoms with van der Waals surface area (Å²) in [5.74, 6) is 0. The van der Waals surface area contributed by atoms with Crippen LogP contribution in [0.5, 0.6) is 0 Å². The summed E-state index contributed by atoms with van der Waals surface area (Å²) in [6, 6.07) is 4.58. The largest absolute Gasteiger partial charge is 0.389 e. The molecule has 20 heavy (non-hydrogen) atoms. The van der Waals surface area contributed by atoms with E-state index in [1.807, 2.05) is 6.92 Å². The van der Waals surface area contributed by atoms with Crippen molar-refractivity contribution in [3.8, 4) is 0 Å². The zero-order valence-corrected chi connectivity index (χ0v) is 13.7. The van der Waals surface area contributed by atoms with Gasteiger partial charge in [-0.15, -0.1) is 11.3 Å². The van der Waals surface area contributed by atoms with Crippen LogP contribution in [0.3, 0.4) is 0 Å². The Morgan fingerprint density at radius 1 is 1.30 bits per heavy atom. The van der Waals surface area contributed by atoms with E-state index in [1.54, 1.807) is 18.4 Å². The standard InChI is InChI=1S/C15H27NO3S/c1-12(2)16(9-15-6-5-7-20-15)8-14(17)11-19-13(3)10-18-4/h5-7,12-14,17H,8-11H2,1-4H3. The average molecular weight is 301 g/mol. The maximum absolute atomic E-state index is 10.1. The summed E-state index contributed by atoms with van der Waals surface area (Å²) in [6.07, 6.45) is -0.462. The van der Waals surface area contributed by atoms with Crippen molar-refractivity contribution < 1.29 is 14.6 Å². The number of rotatable bonds is 10. The fourth-order valence-corrected chi connectivity index (χ4v) is 2.67. The summed E-state index contributed by atoms with van der Waals surface area (Å²) in [4.78, 5) is 3.58. The van der Waals surface area contributed by atoms with Crippen LogP contribution in [0.25, 0.3) is 0 Å². The highest BCUT2D eigenvalue weighted by Crippen LogP contribution is 2.14. The van der Waals surface area contributed by atoms with E-state index in [4.69, 9.17) is 9.47 Å². The maximum atomic E-state index is 10.1. The first-order chi connectivity index (χ1) is 9.52. The monoisotopic (exact) mass is 301 g/mol. The molecule has 116 valence electrons. The summed E-state index contributed by atoms with van der Waals surface area (Å²) in [5, 5.41) is 12.2. The first kappa shape index (κ1) is 17.6. The summed E-state index contributed by atoms with van der Waals surface area (Å²) in [7, 11) is 1.65. The molecular weight excluding hydrogens is 274 g/mol. The Labute approximate surface area is 126 Å². The van der Waals surface area contributed by atoms with Crippen LogP contribution in [0.15, 0.2) is 17.5 Å². The van der Waals surface area contributed by atoms with E-state index in [0.29, 0.717) is 25.8 Å². The second kappa shape index (κ2) is 9.47. The van der Waals surface area contributed by atoms with E-state index < -0.39 is 6.10 Å². The number of methoxy groups -OCH3 is 1. The van der Waals surface area contributed by atoms with Gasteiger partial charge < -0.3 is 14.6 Å². The fraction of sp³-hybridized carbons (Fsp3) is 0.733. The Bertz CT molecular complexity index is 343. The Balaban J connectivity index is 2.37. The quantitative estimate of drug-likeness (QED) is 0.720. The molecule has 0 aromatic carbocycles. The molecule has 2 atom stereocenters. The Hall–Kier alpha value is -0.460. The molecule has 0 saturated carbocycles. The molecule has 1 heterocycles. The third-order valence-electron chi connectivity index (χ3n) is 3.09. The number of ether oxygens (including phenoxy) is 2. The van der Waals surface area contributed by atoms with Gasteiger partial charge in [-0.05, 0) is 32.2 Å². The summed E-state index contributed by atoms with van der Waals surface area (Å²) < 4.78 is 10.6. The molecule has 0 spiro atoms. The zero-order chi connectivity index (χ0) is 15.0. The maximum Gasteiger partial charge on any atom is 0.0900 e. The predicted octanol–water partition coefficient (Wildman–Crippen LogP) is 2.37. The molecule has 5 heteroatoms. The number of aliphatic hydroxyl groups is 1. The van der Waals surface area contributed by atoms with Gasteiger partial charge in [0.2, 0.25) is 0 Å². The van der Waals surface area contributed by atoms with E-state index in [9.17, 15) is 5.11 Å². The Kier molecular flexibility index (Phi) is 8.33. The third-order valence-corrected chi connectivity index (χ3v) is 3.95. The predicted molar refractivity (Wildman–Crippen MR) is 83.2 cm³/mol.